The Morgan fingerprint density at radius 2 is 2.19 bits per heavy atom. The predicted molar refractivity (Wildman–Crippen MR) is 59.9 cm³/mol. The molecule has 0 bridgehead atoms. The highest BCUT2D eigenvalue weighted by Crippen LogP contribution is 2.11. The van der Waals surface area contributed by atoms with Crippen LogP contribution in [0.2, 0.25) is 0 Å². The van der Waals surface area contributed by atoms with E-state index in [9.17, 15) is 13.6 Å². The minimum absolute atomic E-state index is 0.0344. The Hall–Kier alpha value is -1.30. The lowest BCUT2D eigenvalue weighted by molar-refractivity contribution is 0.230. The van der Waals surface area contributed by atoms with Crippen molar-refractivity contribution in [3.05, 3.63) is 35.4 Å². The predicted octanol–water partition coefficient (Wildman–Crippen LogP) is 2.38. The third-order valence-corrected chi connectivity index (χ3v) is 2.74. The summed E-state index contributed by atoms with van der Waals surface area (Å²) < 4.78 is 27.4. The van der Waals surface area contributed by atoms with Crippen LogP contribution in [0.5, 0.6) is 0 Å². The van der Waals surface area contributed by atoms with Crippen molar-refractivity contribution in [1.29, 1.82) is 0 Å². The minimum atomic E-state index is -0.922. The highest BCUT2D eigenvalue weighted by Gasteiger charge is 2.10. The first kappa shape index (κ1) is 12.8. The third kappa shape index (κ3) is 3.10. The molecule has 0 atom stereocenters. The molecule has 1 N–H and O–H groups in total. The van der Waals surface area contributed by atoms with Gasteiger partial charge in [-0.1, -0.05) is 12.1 Å². The average Bonchev–Trinajstić information content (AvgIpc) is 2.29. The molecule has 6 heteroatoms. The van der Waals surface area contributed by atoms with E-state index in [4.69, 9.17) is 0 Å². The van der Waals surface area contributed by atoms with E-state index in [1.807, 2.05) is 0 Å². The van der Waals surface area contributed by atoms with Crippen molar-refractivity contribution >= 4 is 18.0 Å². The maximum atomic E-state index is 13.2. The van der Waals surface area contributed by atoms with Crippen LogP contribution in [0.1, 0.15) is 5.56 Å². The Morgan fingerprint density at radius 1 is 1.50 bits per heavy atom. The summed E-state index contributed by atoms with van der Waals surface area (Å²) >= 11 is 1.23. The summed E-state index contributed by atoms with van der Waals surface area (Å²) in [7, 11) is 1.59. The number of nitrogens with one attached hydrogen (secondary N) is 1. The molecule has 0 saturated carbocycles. The fraction of sp³-hybridized carbons (Fsp3) is 0.300. The fourth-order valence-corrected chi connectivity index (χ4v) is 1.28. The molecule has 1 rings (SSSR count). The molecule has 0 fully saturated rings. The van der Waals surface area contributed by atoms with E-state index in [0.29, 0.717) is 0 Å². The first-order valence-electron chi connectivity index (χ1n) is 4.54. The molecular weight excluding hydrogens is 234 g/mol. The zero-order valence-electron chi connectivity index (χ0n) is 8.96. The van der Waals surface area contributed by atoms with Crippen molar-refractivity contribution in [3.8, 4) is 0 Å². The van der Waals surface area contributed by atoms with Crippen molar-refractivity contribution in [2.75, 3.05) is 13.3 Å². The zero-order chi connectivity index (χ0) is 12.1. The number of benzene rings is 1. The Bertz CT molecular complexity index is 387. The molecule has 0 unspecified atom stereocenters. The monoisotopic (exact) mass is 246 g/mol. The molecule has 2 amide bonds. The molecule has 0 aromatic heterocycles. The number of hydrogen-bond donors (Lipinski definition) is 1. The number of rotatable bonds is 3. The van der Waals surface area contributed by atoms with Crippen LogP contribution in [0.25, 0.3) is 0 Å². The molecule has 0 heterocycles. The molecule has 16 heavy (non-hydrogen) atoms. The summed E-state index contributed by atoms with van der Waals surface area (Å²) in [5, 5.41) is 2.48. The van der Waals surface area contributed by atoms with Gasteiger partial charge in [-0.25, -0.2) is 13.6 Å². The van der Waals surface area contributed by atoms with E-state index in [1.54, 1.807) is 13.3 Å². The number of hydrogen-bond acceptors (Lipinski definition) is 2. The lowest BCUT2D eigenvalue weighted by atomic mass is 10.2. The van der Waals surface area contributed by atoms with Gasteiger partial charge < -0.3 is 5.32 Å². The van der Waals surface area contributed by atoms with Crippen LogP contribution in [0.15, 0.2) is 18.2 Å². The van der Waals surface area contributed by atoms with E-state index >= 15 is 0 Å². The second-order valence-electron chi connectivity index (χ2n) is 3.05. The zero-order valence-corrected chi connectivity index (χ0v) is 9.78. The van der Waals surface area contributed by atoms with Crippen molar-refractivity contribution < 1.29 is 13.6 Å². The highest BCUT2D eigenvalue weighted by molar-refractivity contribution is 7.96. The lowest BCUT2D eigenvalue weighted by Crippen LogP contribution is -2.32. The molecule has 0 aliphatic carbocycles. The van der Waals surface area contributed by atoms with Crippen LogP contribution >= 0.6 is 11.9 Å². The summed E-state index contributed by atoms with van der Waals surface area (Å²) in [6, 6.07) is 3.51. The van der Waals surface area contributed by atoms with Gasteiger partial charge in [-0.2, -0.15) is 0 Å². The third-order valence-electron chi connectivity index (χ3n) is 2.02. The van der Waals surface area contributed by atoms with Crippen molar-refractivity contribution in [2.24, 2.45) is 0 Å². The van der Waals surface area contributed by atoms with Gasteiger partial charge in [-0.3, -0.25) is 4.31 Å². The number of urea groups is 1. The summed E-state index contributed by atoms with van der Waals surface area (Å²) in [5.74, 6) is -1.83. The molecule has 3 nitrogen and oxygen atoms in total. The van der Waals surface area contributed by atoms with Crippen LogP contribution in [-0.4, -0.2) is 23.6 Å². The Labute approximate surface area is 97.0 Å². The standard InChI is InChI=1S/C10H12F2N2OS/c1-14(16-2)10(15)13-6-7-4-3-5-8(11)9(7)12/h3-5H,6H2,1-2H3,(H,13,15). The Morgan fingerprint density at radius 3 is 2.81 bits per heavy atom. The Balaban J connectivity index is 2.61. The summed E-state index contributed by atoms with van der Waals surface area (Å²) in [4.78, 5) is 11.3. The van der Waals surface area contributed by atoms with Crippen molar-refractivity contribution in [3.63, 3.8) is 0 Å². The van der Waals surface area contributed by atoms with Gasteiger partial charge in [0.2, 0.25) is 0 Å². The van der Waals surface area contributed by atoms with E-state index in [1.165, 1.54) is 28.4 Å². The minimum Gasteiger partial charge on any atom is -0.333 e. The van der Waals surface area contributed by atoms with Gasteiger partial charge in [-0.15, -0.1) is 0 Å². The average molecular weight is 246 g/mol. The van der Waals surface area contributed by atoms with Crippen molar-refractivity contribution in [2.45, 2.75) is 6.54 Å². The maximum absolute atomic E-state index is 13.2. The molecule has 88 valence electrons. The largest absolute Gasteiger partial charge is 0.333 e. The molecule has 0 radical (unpaired) electrons. The maximum Gasteiger partial charge on any atom is 0.327 e. The number of nitrogens with zero attached hydrogens (tertiary/aromatic N) is 1. The summed E-state index contributed by atoms with van der Waals surface area (Å²) in [6.45, 7) is -0.0344. The lowest BCUT2D eigenvalue weighted by Gasteiger charge is -2.14. The summed E-state index contributed by atoms with van der Waals surface area (Å²) in [6.07, 6.45) is 1.74. The van der Waals surface area contributed by atoms with E-state index in [2.05, 4.69) is 5.32 Å². The molecule has 0 aliphatic heterocycles. The normalized spacial score (nSPS) is 10.0. The number of carbonyl (C=O) groups is 1. The number of amides is 2. The molecule has 1 aromatic rings. The molecule has 0 saturated heterocycles. The first-order chi connectivity index (χ1) is 7.56. The number of halogens is 2. The van der Waals surface area contributed by atoms with Gasteiger partial charge >= 0.3 is 6.03 Å². The molecule has 1 aromatic carbocycles. The van der Waals surface area contributed by atoms with Crippen LogP contribution in [0.4, 0.5) is 13.6 Å². The fourth-order valence-electron chi connectivity index (χ4n) is 1.05. The van der Waals surface area contributed by atoms with Gasteiger partial charge in [0.25, 0.3) is 0 Å². The van der Waals surface area contributed by atoms with Crippen LogP contribution in [0.3, 0.4) is 0 Å². The quantitative estimate of drug-likeness (QED) is 0.830. The van der Waals surface area contributed by atoms with Crippen LogP contribution in [0, 0.1) is 11.6 Å². The second-order valence-corrected chi connectivity index (χ2v) is 3.96. The van der Waals surface area contributed by atoms with Crippen molar-refractivity contribution in [1.82, 2.24) is 9.62 Å². The van der Waals surface area contributed by atoms with Crippen LogP contribution in [-0.2, 0) is 6.54 Å². The molecular formula is C10H12F2N2OS. The Kier molecular flexibility index (Phi) is 4.54. The van der Waals surface area contributed by atoms with Gasteiger partial charge in [0.15, 0.2) is 11.6 Å². The van der Waals surface area contributed by atoms with E-state index in [0.717, 1.165) is 6.07 Å². The summed E-state index contributed by atoms with van der Waals surface area (Å²) in [5.41, 5.74) is 0.128. The van der Waals surface area contributed by atoms with Crippen LogP contribution < -0.4 is 5.32 Å². The SMILES string of the molecule is CSN(C)C(=O)NCc1cccc(F)c1F. The van der Waals surface area contributed by atoms with E-state index in [-0.39, 0.29) is 18.1 Å². The highest BCUT2D eigenvalue weighted by atomic mass is 32.2. The molecule has 0 aliphatic rings. The molecule has 0 spiro atoms. The van der Waals surface area contributed by atoms with Gasteiger partial charge in [-0.05, 0) is 18.0 Å². The first-order valence-corrected chi connectivity index (χ1v) is 5.73. The van der Waals surface area contributed by atoms with Gasteiger partial charge in [0.1, 0.15) is 0 Å². The van der Waals surface area contributed by atoms with Gasteiger partial charge in [0.05, 0.1) is 0 Å². The number of carbonyl (C=O) groups excluding carboxylic acids is 1. The topological polar surface area (TPSA) is 32.3 Å². The second kappa shape index (κ2) is 5.69. The smallest absolute Gasteiger partial charge is 0.327 e. The van der Waals surface area contributed by atoms with E-state index < -0.39 is 11.6 Å². The van der Waals surface area contributed by atoms with Gasteiger partial charge in [0, 0.05) is 25.4 Å².